The van der Waals surface area contributed by atoms with E-state index in [2.05, 4.69) is 0 Å². The fourth-order valence-corrected chi connectivity index (χ4v) is 12.6. The second-order valence-electron chi connectivity index (χ2n) is 20.0. The summed E-state index contributed by atoms with van der Waals surface area (Å²) in [4.78, 5) is 69.4. The van der Waals surface area contributed by atoms with E-state index in [-0.39, 0.29) is 42.4 Å². The van der Waals surface area contributed by atoms with Gasteiger partial charge < -0.3 is 34.3 Å². The molecule has 0 bridgehead atoms. The van der Waals surface area contributed by atoms with Gasteiger partial charge in [0.25, 0.3) is 11.2 Å². The number of halogens is 6. The van der Waals surface area contributed by atoms with Crippen molar-refractivity contribution in [2.75, 3.05) is 14.2 Å². The van der Waals surface area contributed by atoms with Crippen molar-refractivity contribution in [3.05, 3.63) is 94.6 Å². The Bertz CT molecular complexity index is 2380. The van der Waals surface area contributed by atoms with Crippen LogP contribution in [0.15, 0.2) is 83.5 Å². The summed E-state index contributed by atoms with van der Waals surface area (Å²) >= 11 is 0. The fourth-order valence-electron chi connectivity index (χ4n) is 12.6. The number of aliphatic hydroxyl groups excluding tert-OH is 2. The van der Waals surface area contributed by atoms with Gasteiger partial charge in [0, 0.05) is 53.7 Å². The highest BCUT2D eigenvalue weighted by molar-refractivity contribution is 6.07. The number of carboxylic acid groups (broad SMARTS) is 1. The molecular weight excluding hydrogens is 907 g/mol. The lowest BCUT2D eigenvalue weighted by molar-refractivity contribution is -0.282. The van der Waals surface area contributed by atoms with Crippen LogP contribution in [-0.2, 0) is 54.1 Å². The van der Waals surface area contributed by atoms with Gasteiger partial charge in [0.2, 0.25) is 0 Å². The van der Waals surface area contributed by atoms with E-state index < -0.39 is 134 Å². The third-order valence-electron chi connectivity index (χ3n) is 16.4. The highest BCUT2D eigenvalue weighted by atomic mass is 19.4. The van der Waals surface area contributed by atoms with Crippen LogP contribution >= 0.6 is 0 Å². The van der Waals surface area contributed by atoms with Crippen molar-refractivity contribution in [2.24, 2.45) is 39.4 Å². The number of methoxy groups -OCH3 is 2. The van der Waals surface area contributed by atoms with Crippen LogP contribution in [0, 0.1) is 39.4 Å². The summed E-state index contributed by atoms with van der Waals surface area (Å²) in [6, 6.07) is 12.3. The van der Waals surface area contributed by atoms with E-state index in [0.29, 0.717) is 7.11 Å². The number of aliphatic hydroxyl groups is 2. The molecule has 372 valence electrons. The molecule has 6 rings (SSSR count). The Balaban J connectivity index is 1.36. The molecule has 3 N–H and O–H groups in total. The van der Waals surface area contributed by atoms with Crippen LogP contribution in [0.3, 0.4) is 0 Å². The Morgan fingerprint density at radius 2 is 1.32 bits per heavy atom. The number of carbonyl (C=O) groups excluding carboxylic acids is 4. The van der Waals surface area contributed by atoms with Crippen LogP contribution in [0.5, 0.6) is 0 Å². The van der Waals surface area contributed by atoms with Crippen molar-refractivity contribution < 1.29 is 84.6 Å². The average Bonchev–Trinajstić information content (AvgIpc) is 3.47. The summed E-state index contributed by atoms with van der Waals surface area (Å²) < 4.78 is 111. The lowest BCUT2D eigenvalue weighted by Gasteiger charge is -2.62. The maximum Gasteiger partial charge on any atom is 0.432 e. The summed E-state index contributed by atoms with van der Waals surface area (Å²) in [5.74, 6) is -8.99. The largest absolute Gasteiger partial charge is 0.478 e. The lowest BCUT2D eigenvalue weighted by atomic mass is 9.42. The van der Waals surface area contributed by atoms with Gasteiger partial charge in [0.05, 0.1) is 11.5 Å². The molecule has 0 unspecified atom stereocenters. The molecular formula is C50H58F6O12. The first-order chi connectivity index (χ1) is 31.4. The van der Waals surface area contributed by atoms with Crippen LogP contribution in [-0.4, -0.2) is 95.8 Å². The van der Waals surface area contributed by atoms with E-state index >= 15 is 0 Å². The zero-order valence-corrected chi connectivity index (χ0v) is 39.2. The minimum absolute atomic E-state index is 0.00478. The molecule has 0 spiro atoms. The zero-order valence-electron chi connectivity index (χ0n) is 39.2. The molecule has 2 saturated carbocycles. The SMILES string of the molecule is CO[C@@](C(=O)O[C@H](/C=C(\C)C(=O)O)C[C@@H](C)[C@H]1CC(=O)[C@@]2(C)C3=C(C(=O)[C@@H](O)[C@]12C)[C@@]1(C)CC[C@H](OC(=O)[C@](OC)(c2ccccc2)C(F)(F)F)C(C)(C)[C@@H]1C[C@@H]3O)(c1ccccc1)C(F)(F)F. The molecule has 4 aliphatic rings. The molecule has 2 fully saturated rings. The van der Waals surface area contributed by atoms with Gasteiger partial charge in [-0.2, -0.15) is 26.3 Å². The van der Waals surface area contributed by atoms with Crippen molar-refractivity contribution in [2.45, 2.75) is 129 Å². The molecule has 0 aromatic heterocycles. The van der Waals surface area contributed by atoms with Crippen molar-refractivity contribution in [1.82, 2.24) is 0 Å². The lowest BCUT2D eigenvalue weighted by Crippen LogP contribution is -2.65. The second-order valence-corrected chi connectivity index (χ2v) is 20.0. The van der Waals surface area contributed by atoms with Crippen LogP contribution in [0.25, 0.3) is 0 Å². The normalized spacial score (nSPS) is 32.1. The summed E-state index contributed by atoms with van der Waals surface area (Å²) in [7, 11) is 1.43. The Kier molecular flexibility index (Phi) is 13.7. The minimum atomic E-state index is -5.37. The number of benzene rings is 2. The molecule has 0 saturated heterocycles. The van der Waals surface area contributed by atoms with Gasteiger partial charge in [-0.25, -0.2) is 14.4 Å². The first kappa shape index (κ1) is 52.5. The quantitative estimate of drug-likeness (QED) is 0.0998. The number of carboxylic acids is 1. The van der Waals surface area contributed by atoms with Crippen molar-refractivity contribution in [1.29, 1.82) is 0 Å². The van der Waals surface area contributed by atoms with Gasteiger partial charge in [0.15, 0.2) is 5.78 Å². The summed E-state index contributed by atoms with van der Waals surface area (Å²) in [6.45, 7) is 10.8. The number of rotatable bonds is 13. The molecule has 0 heterocycles. The van der Waals surface area contributed by atoms with E-state index in [4.69, 9.17) is 18.9 Å². The average molecular weight is 965 g/mol. The van der Waals surface area contributed by atoms with Crippen LogP contribution in [0.1, 0.15) is 91.7 Å². The molecule has 2 aromatic rings. The monoisotopic (exact) mass is 964 g/mol. The number of Topliss-reactive ketones (excluding diaryl/α,β-unsaturated/α-hetero) is 2. The van der Waals surface area contributed by atoms with Crippen molar-refractivity contribution >= 4 is 29.5 Å². The standard InChI is InChI=1S/C50H58F6O12/c1-26(22-30(23-27(2)40(61)62)67-41(63)47(65-8,49(51,52)53)28-16-12-10-13-17-28)31-24-34(58)46(7)36-32(57)25-33-43(3,4)35(20-21-44(33,5)37(36)38(59)39(60)45(31,46)6)68-42(64)48(66-9,50(54,55)56)29-18-14-11-15-19-29/h10-19,23,26,30-33,35,39,57,60H,20-22,24-25H2,1-9H3,(H,61,62)/b27-23+/t26-,30+,31-,32+,33+,35+,39-,44+,45+,46+,47-,48-/m1/s1. The van der Waals surface area contributed by atoms with Crippen LogP contribution in [0.4, 0.5) is 26.3 Å². The number of hydrogen-bond donors (Lipinski definition) is 3. The van der Waals surface area contributed by atoms with E-state index in [9.17, 15) is 65.6 Å². The maximum atomic E-state index is 15.0. The topological polar surface area (TPSA) is 183 Å². The highest BCUT2D eigenvalue weighted by Gasteiger charge is 2.74. The molecule has 18 heteroatoms. The van der Waals surface area contributed by atoms with Gasteiger partial charge in [-0.05, 0) is 74.3 Å². The number of fused-ring (bicyclic) bond motifs is 4. The molecule has 4 aliphatic carbocycles. The second kappa shape index (κ2) is 17.8. The molecule has 0 aliphatic heterocycles. The Labute approximate surface area is 390 Å². The first-order valence-corrected chi connectivity index (χ1v) is 22.3. The minimum Gasteiger partial charge on any atom is -0.478 e. The summed E-state index contributed by atoms with van der Waals surface area (Å²) in [5, 5.41) is 34.4. The maximum absolute atomic E-state index is 15.0. The number of ether oxygens (including phenoxy) is 4. The van der Waals surface area contributed by atoms with E-state index in [0.717, 1.165) is 44.4 Å². The van der Waals surface area contributed by atoms with E-state index in [1.807, 2.05) is 0 Å². The molecule has 2 aromatic carbocycles. The Hall–Kier alpha value is -4.91. The van der Waals surface area contributed by atoms with E-state index in [1.54, 1.807) is 27.7 Å². The molecule has 68 heavy (non-hydrogen) atoms. The molecule has 12 nitrogen and oxygen atoms in total. The third kappa shape index (κ3) is 7.62. The van der Waals surface area contributed by atoms with Gasteiger partial charge in [-0.1, -0.05) is 95.3 Å². The number of ketones is 2. The van der Waals surface area contributed by atoms with Crippen LogP contribution in [0.2, 0.25) is 0 Å². The smallest absolute Gasteiger partial charge is 0.432 e. The number of esters is 2. The van der Waals surface area contributed by atoms with Crippen molar-refractivity contribution in [3.63, 3.8) is 0 Å². The van der Waals surface area contributed by atoms with Gasteiger partial charge in [0.1, 0.15) is 24.1 Å². The number of aliphatic carboxylic acids is 1. The predicted octanol–water partition coefficient (Wildman–Crippen LogP) is 8.12. The number of carbonyl (C=O) groups is 5. The Morgan fingerprint density at radius 1 is 0.824 bits per heavy atom. The number of alkyl halides is 6. The predicted molar refractivity (Wildman–Crippen MR) is 230 cm³/mol. The molecule has 0 radical (unpaired) electrons. The molecule has 12 atom stereocenters. The molecule has 0 amide bonds. The van der Waals surface area contributed by atoms with E-state index in [1.165, 1.54) is 50.2 Å². The zero-order chi connectivity index (χ0) is 51.0. The van der Waals surface area contributed by atoms with Crippen molar-refractivity contribution in [3.8, 4) is 0 Å². The summed E-state index contributed by atoms with van der Waals surface area (Å²) in [5.41, 5.74) is -14.5. The van der Waals surface area contributed by atoms with Crippen LogP contribution < -0.4 is 0 Å². The Morgan fingerprint density at radius 3 is 1.79 bits per heavy atom. The first-order valence-electron chi connectivity index (χ1n) is 22.3. The fraction of sp³-hybridized carbons (Fsp3) is 0.580. The third-order valence-corrected chi connectivity index (χ3v) is 16.4. The van der Waals surface area contributed by atoms with Gasteiger partial charge >= 0.3 is 30.3 Å². The van der Waals surface area contributed by atoms with Gasteiger partial charge in [-0.15, -0.1) is 0 Å². The van der Waals surface area contributed by atoms with Gasteiger partial charge in [-0.3, -0.25) is 9.59 Å². The number of hydrogen-bond acceptors (Lipinski definition) is 11. The highest BCUT2D eigenvalue weighted by Crippen LogP contribution is 2.71. The summed E-state index contributed by atoms with van der Waals surface area (Å²) in [6.07, 6.45) is -16.9.